The number of carbonyl (C=O) groups is 5. The van der Waals surface area contributed by atoms with Crippen molar-refractivity contribution in [3.05, 3.63) is 28.2 Å². The summed E-state index contributed by atoms with van der Waals surface area (Å²) in [5.41, 5.74) is -0.730. The molecule has 1 aliphatic heterocycles. The SMILES string of the molecule is CC(C)C(=O)Nc1nc2c(ncn2[C@H]2CC(OC(=O)NCC(=O)O)=C(COC(=O)NCC(=O)O)O2)c(=O)[nH]1. The number of fused-ring (bicyclic) bond motifs is 1. The summed E-state index contributed by atoms with van der Waals surface area (Å²) in [6.45, 7) is 1.25. The second-order valence-corrected chi connectivity index (χ2v) is 7.97. The van der Waals surface area contributed by atoms with Gasteiger partial charge >= 0.3 is 24.1 Å². The van der Waals surface area contributed by atoms with Gasteiger partial charge in [-0.3, -0.25) is 34.0 Å². The van der Waals surface area contributed by atoms with E-state index in [-0.39, 0.29) is 35.1 Å². The maximum absolute atomic E-state index is 12.5. The maximum Gasteiger partial charge on any atom is 0.412 e. The molecule has 18 nitrogen and oxygen atoms in total. The minimum Gasteiger partial charge on any atom is -0.480 e. The highest BCUT2D eigenvalue weighted by Gasteiger charge is 2.33. The highest BCUT2D eigenvalue weighted by atomic mass is 16.6. The van der Waals surface area contributed by atoms with E-state index in [0.717, 1.165) is 0 Å². The van der Waals surface area contributed by atoms with E-state index in [2.05, 4.69) is 20.3 Å². The van der Waals surface area contributed by atoms with E-state index in [9.17, 15) is 28.8 Å². The lowest BCUT2D eigenvalue weighted by Crippen LogP contribution is -2.31. The quantitative estimate of drug-likeness (QED) is 0.223. The van der Waals surface area contributed by atoms with E-state index in [1.807, 2.05) is 10.6 Å². The zero-order chi connectivity index (χ0) is 28.0. The van der Waals surface area contributed by atoms with Crippen molar-refractivity contribution in [1.82, 2.24) is 30.2 Å². The predicted molar refractivity (Wildman–Crippen MR) is 122 cm³/mol. The Balaban J connectivity index is 1.84. The van der Waals surface area contributed by atoms with Crippen molar-refractivity contribution < 1.29 is 48.4 Å². The van der Waals surface area contributed by atoms with E-state index >= 15 is 0 Å². The first-order valence-electron chi connectivity index (χ1n) is 10.9. The molecule has 3 rings (SSSR count). The first-order chi connectivity index (χ1) is 17.9. The molecule has 0 bridgehead atoms. The Hall–Kier alpha value is -5.16. The number of aromatic nitrogens is 4. The Labute approximate surface area is 212 Å². The molecule has 0 unspecified atom stereocenters. The van der Waals surface area contributed by atoms with Crippen LogP contribution in [0.3, 0.4) is 0 Å². The monoisotopic (exact) mass is 537 g/mol. The van der Waals surface area contributed by atoms with E-state index in [4.69, 9.17) is 24.4 Å². The van der Waals surface area contributed by atoms with Crippen LogP contribution in [-0.4, -0.2) is 79.5 Å². The number of hydrogen-bond donors (Lipinski definition) is 6. The standard InChI is InChI=1S/C20H23N7O11/c1-8(2)16(32)25-18-24-15-14(17(33)26-18)23-7-27(15)11-3-9(38-20(35)22-5-13(30)31)10(37-11)6-36-19(34)21-4-12(28)29/h7-8,11H,3-6H2,1-2H3,(H,21,34)(H,22,35)(H,28,29)(H,30,31)(H2,24,25,26,32,33)/t11-/m1/s1. The largest absolute Gasteiger partial charge is 0.480 e. The van der Waals surface area contributed by atoms with Crippen LogP contribution in [0.4, 0.5) is 15.5 Å². The molecule has 3 amide bonds. The number of carbonyl (C=O) groups excluding carboxylic acids is 3. The van der Waals surface area contributed by atoms with Gasteiger partial charge in [0.25, 0.3) is 5.56 Å². The van der Waals surface area contributed by atoms with Gasteiger partial charge in [-0.15, -0.1) is 0 Å². The number of aromatic amines is 1. The number of carboxylic acids is 2. The molecule has 204 valence electrons. The molecule has 6 N–H and O–H groups in total. The molecule has 1 aliphatic rings. The number of carboxylic acid groups (broad SMARTS) is 2. The zero-order valence-corrected chi connectivity index (χ0v) is 20.0. The van der Waals surface area contributed by atoms with Crippen molar-refractivity contribution in [3.63, 3.8) is 0 Å². The number of ether oxygens (including phenoxy) is 3. The molecule has 2 aromatic heterocycles. The highest BCUT2D eigenvalue weighted by molar-refractivity contribution is 5.91. The summed E-state index contributed by atoms with van der Waals surface area (Å²) in [6.07, 6.45) is -2.22. The number of amides is 3. The van der Waals surface area contributed by atoms with Crippen molar-refractivity contribution in [2.75, 3.05) is 25.0 Å². The second kappa shape index (κ2) is 11.7. The van der Waals surface area contributed by atoms with Gasteiger partial charge in [-0.2, -0.15) is 4.98 Å². The average Bonchev–Trinajstić information content (AvgIpc) is 3.44. The first kappa shape index (κ1) is 27.4. The number of anilines is 1. The van der Waals surface area contributed by atoms with E-state index in [0.29, 0.717) is 0 Å². The second-order valence-electron chi connectivity index (χ2n) is 7.97. The third-order valence-electron chi connectivity index (χ3n) is 4.78. The number of imidazole rings is 1. The smallest absolute Gasteiger partial charge is 0.412 e. The molecule has 3 heterocycles. The first-order valence-corrected chi connectivity index (χ1v) is 10.9. The van der Waals surface area contributed by atoms with Crippen LogP contribution in [-0.2, 0) is 28.6 Å². The highest BCUT2D eigenvalue weighted by Crippen LogP contribution is 2.34. The molecule has 0 aliphatic carbocycles. The Kier molecular flexibility index (Phi) is 8.46. The number of hydrogen-bond acceptors (Lipinski definition) is 11. The molecule has 38 heavy (non-hydrogen) atoms. The van der Waals surface area contributed by atoms with Gasteiger partial charge < -0.3 is 35.1 Å². The van der Waals surface area contributed by atoms with Crippen LogP contribution in [0.25, 0.3) is 11.2 Å². The van der Waals surface area contributed by atoms with Crippen LogP contribution in [0.5, 0.6) is 0 Å². The summed E-state index contributed by atoms with van der Waals surface area (Å²) in [5, 5.41) is 23.8. The Morgan fingerprint density at radius 3 is 2.45 bits per heavy atom. The van der Waals surface area contributed by atoms with Crippen LogP contribution in [0, 0.1) is 5.92 Å². The lowest BCUT2D eigenvalue weighted by atomic mass is 10.2. The summed E-state index contributed by atoms with van der Waals surface area (Å²) in [6, 6.07) is 0. The molecule has 0 saturated carbocycles. The topological polar surface area (TPSA) is 253 Å². The Morgan fingerprint density at radius 2 is 1.82 bits per heavy atom. The third kappa shape index (κ3) is 6.95. The van der Waals surface area contributed by atoms with E-state index < -0.39 is 67.4 Å². The summed E-state index contributed by atoms with van der Waals surface area (Å²) < 4.78 is 17.1. The van der Waals surface area contributed by atoms with Crippen molar-refractivity contribution in [3.8, 4) is 0 Å². The minimum absolute atomic E-state index is 0.00820. The van der Waals surface area contributed by atoms with E-state index in [1.165, 1.54) is 10.9 Å². The zero-order valence-electron chi connectivity index (χ0n) is 20.0. The minimum atomic E-state index is -1.32. The van der Waals surface area contributed by atoms with Crippen LogP contribution in [0.1, 0.15) is 26.5 Å². The number of nitrogens with zero attached hydrogens (tertiary/aromatic N) is 3. The normalized spacial score (nSPS) is 14.7. The summed E-state index contributed by atoms with van der Waals surface area (Å²) in [4.78, 5) is 80.2. The number of nitrogens with one attached hydrogen (secondary N) is 4. The molecular formula is C20H23N7O11. The average molecular weight is 537 g/mol. The van der Waals surface area contributed by atoms with Crippen LogP contribution in [0.15, 0.2) is 22.6 Å². The molecular weight excluding hydrogens is 514 g/mol. The van der Waals surface area contributed by atoms with Gasteiger partial charge in [0.2, 0.25) is 11.9 Å². The number of rotatable bonds is 10. The number of aliphatic carboxylic acids is 2. The fraction of sp³-hybridized carbons (Fsp3) is 0.400. The number of alkyl carbamates (subject to hydrolysis) is 2. The summed E-state index contributed by atoms with van der Waals surface area (Å²) in [7, 11) is 0. The summed E-state index contributed by atoms with van der Waals surface area (Å²) >= 11 is 0. The van der Waals surface area contributed by atoms with Crippen molar-refractivity contribution in [1.29, 1.82) is 0 Å². The van der Waals surface area contributed by atoms with Crippen LogP contribution < -0.4 is 21.5 Å². The van der Waals surface area contributed by atoms with Gasteiger partial charge in [0.05, 0.1) is 6.42 Å². The lowest BCUT2D eigenvalue weighted by molar-refractivity contribution is -0.136. The van der Waals surface area contributed by atoms with Gasteiger partial charge in [-0.1, -0.05) is 13.8 Å². The van der Waals surface area contributed by atoms with Gasteiger partial charge in [0.1, 0.15) is 19.4 Å². The van der Waals surface area contributed by atoms with Gasteiger partial charge in [-0.05, 0) is 0 Å². The predicted octanol–water partition coefficient (Wildman–Crippen LogP) is -0.534. The number of H-pyrrole nitrogens is 1. The van der Waals surface area contributed by atoms with Crippen molar-refractivity contribution >= 4 is 47.1 Å². The van der Waals surface area contributed by atoms with Crippen molar-refractivity contribution in [2.24, 2.45) is 5.92 Å². The van der Waals surface area contributed by atoms with Gasteiger partial charge in [0.15, 0.2) is 35.5 Å². The molecule has 1 atom stereocenters. The van der Waals surface area contributed by atoms with Crippen LogP contribution >= 0.6 is 0 Å². The summed E-state index contributed by atoms with van der Waals surface area (Å²) in [5.74, 6) is -3.88. The Bertz CT molecular complexity index is 1360. The van der Waals surface area contributed by atoms with Crippen molar-refractivity contribution in [2.45, 2.75) is 26.5 Å². The molecule has 0 radical (unpaired) electrons. The lowest BCUT2D eigenvalue weighted by Gasteiger charge is -2.15. The molecule has 0 aromatic carbocycles. The fourth-order valence-corrected chi connectivity index (χ4v) is 3.00. The molecule has 0 saturated heterocycles. The van der Waals surface area contributed by atoms with E-state index in [1.54, 1.807) is 13.8 Å². The Morgan fingerprint density at radius 1 is 1.16 bits per heavy atom. The molecule has 2 aromatic rings. The van der Waals surface area contributed by atoms with Gasteiger partial charge in [-0.25, -0.2) is 14.6 Å². The van der Waals surface area contributed by atoms with Crippen LogP contribution in [0.2, 0.25) is 0 Å². The molecule has 0 fully saturated rings. The molecule has 0 spiro atoms. The fourth-order valence-electron chi connectivity index (χ4n) is 3.00. The molecule has 18 heteroatoms. The third-order valence-corrected chi connectivity index (χ3v) is 4.78. The maximum atomic E-state index is 12.5. The van der Waals surface area contributed by atoms with Gasteiger partial charge in [0, 0.05) is 5.92 Å².